The number of halogens is 1. The highest BCUT2D eigenvalue weighted by Crippen LogP contribution is 2.34. The predicted octanol–water partition coefficient (Wildman–Crippen LogP) is 3.15. The number of methoxy groups -OCH3 is 2. The molecule has 2 aromatic heterocycles. The molecule has 0 aliphatic carbocycles. The van der Waals surface area contributed by atoms with Gasteiger partial charge in [0.05, 0.1) is 25.8 Å². The van der Waals surface area contributed by atoms with Crippen molar-refractivity contribution >= 4 is 17.2 Å². The van der Waals surface area contributed by atoms with Crippen LogP contribution in [0.15, 0.2) is 36.7 Å². The Kier molecular flexibility index (Phi) is 3.66. The first kappa shape index (κ1) is 13.7. The van der Waals surface area contributed by atoms with E-state index in [2.05, 4.69) is 10.1 Å². The van der Waals surface area contributed by atoms with Crippen molar-refractivity contribution in [2.45, 2.75) is 5.88 Å². The van der Waals surface area contributed by atoms with Crippen LogP contribution in [0.4, 0.5) is 0 Å². The van der Waals surface area contributed by atoms with Crippen LogP contribution in [-0.4, -0.2) is 28.8 Å². The maximum absolute atomic E-state index is 6.09. The molecular formula is C15H14ClN3O2. The molecule has 0 N–H and O–H groups in total. The fraction of sp³-hybridized carbons (Fsp3) is 0.200. The van der Waals surface area contributed by atoms with Crippen LogP contribution in [0.5, 0.6) is 11.5 Å². The predicted molar refractivity (Wildman–Crippen MR) is 81.1 cm³/mol. The van der Waals surface area contributed by atoms with Gasteiger partial charge in [-0.2, -0.15) is 5.10 Å². The second kappa shape index (κ2) is 5.61. The molecule has 2 heterocycles. The number of fused-ring (bicyclic) bond motifs is 1. The minimum atomic E-state index is 0.337. The molecule has 3 rings (SSSR count). The van der Waals surface area contributed by atoms with Gasteiger partial charge < -0.3 is 9.47 Å². The molecule has 21 heavy (non-hydrogen) atoms. The van der Waals surface area contributed by atoms with Crippen molar-refractivity contribution in [3.05, 3.63) is 42.2 Å². The summed E-state index contributed by atoms with van der Waals surface area (Å²) < 4.78 is 12.3. The summed E-state index contributed by atoms with van der Waals surface area (Å²) in [6, 6.07) is 7.50. The Morgan fingerprint density at radius 3 is 2.71 bits per heavy atom. The number of alkyl halides is 1. The third-order valence-electron chi connectivity index (χ3n) is 3.28. The van der Waals surface area contributed by atoms with Crippen molar-refractivity contribution in [3.8, 4) is 22.8 Å². The third-order valence-corrected chi connectivity index (χ3v) is 3.55. The number of hydrogen-bond donors (Lipinski definition) is 0. The topological polar surface area (TPSA) is 48.7 Å². The monoisotopic (exact) mass is 303 g/mol. The largest absolute Gasteiger partial charge is 0.493 e. The summed E-state index contributed by atoms with van der Waals surface area (Å²) in [6.07, 6.45) is 3.58. The first-order valence-corrected chi connectivity index (χ1v) is 6.92. The molecule has 3 aromatic rings. The summed E-state index contributed by atoms with van der Waals surface area (Å²) in [5.41, 5.74) is 3.36. The second-order valence-electron chi connectivity index (χ2n) is 4.42. The van der Waals surface area contributed by atoms with Crippen LogP contribution >= 0.6 is 11.6 Å². The van der Waals surface area contributed by atoms with E-state index in [-0.39, 0.29) is 0 Å². The molecular weight excluding hydrogens is 290 g/mol. The van der Waals surface area contributed by atoms with E-state index in [0.717, 1.165) is 22.5 Å². The van der Waals surface area contributed by atoms with Gasteiger partial charge in [0, 0.05) is 23.5 Å². The summed E-state index contributed by atoms with van der Waals surface area (Å²) in [4.78, 5) is 4.33. The number of aromatic nitrogens is 3. The highest BCUT2D eigenvalue weighted by atomic mass is 35.5. The zero-order valence-electron chi connectivity index (χ0n) is 11.7. The Bertz CT molecular complexity index is 786. The van der Waals surface area contributed by atoms with Crippen LogP contribution in [0.3, 0.4) is 0 Å². The lowest BCUT2D eigenvalue weighted by atomic mass is 10.1. The number of rotatable bonds is 4. The molecule has 0 amide bonds. The van der Waals surface area contributed by atoms with Gasteiger partial charge in [-0.3, -0.25) is 0 Å². The number of hydrogen-bond acceptors (Lipinski definition) is 4. The molecule has 0 unspecified atom stereocenters. The Labute approximate surface area is 127 Å². The van der Waals surface area contributed by atoms with E-state index in [1.807, 2.05) is 30.5 Å². The zero-order chi connectivity index (χ0) is 14.8. The lowest BCUT2D eigenvalue weighted by Crippen LogP contribution is -1.92. The quantitative estimate of drug-likeness (QED) is 0.695. The van der Waals surface area contributed by atoms with Gasteiger partial charge >= 0.3 is 0 Å². The van der Waals surface area contributed by atoms with Crippen LogP contribution < -0.4 is 9.47 Å². The molecule has 0 spiro atoms. The molecule has 6 heteroatoms. The van der Waals surface area contributed by atoms with Crippen molar-refractivity contribution in [2.24, 2.45) is 0 Å². The minimum absolute atomic E-state index is 0.337. The van der Waals surface area contributed by atoms with Crippen molar-refractivity contribution in [2.75, 3.05) is 14.2 Å². The van der Waals surface area contributed by atoms with Gasteiger partial charge in [-0.25, -0.2) is 9.50 Å². The van der Waals surface area contributed by atoms with E-state index in [9.17, 15) is 0 Å². The molecule has 0 aliphatic rings. The van der Waals surface area contributed by atoms with E-state index in [1.54, 1.807) is 24.9 Å². The van der Waals surface area contributed by atoms with Crippen LogP contribution in [0.2, 0.25) is 0 Å². The standard InChI is InChI=1S/C15H14ClN3O2/c1-20-12-5-4-10(8-13(12)21-2)14-11(9-16)15-17-6-3-7-19(15)18-14/h3-8H,9H2,1-2H3. The second-order valence-corrected chi connectivity index (χ2v) is 4.69. The normalized spacial score (nSPS) is 10.8. The fourth-order valence-corrected chi connectivity index (χ4v) is 2.52. The molecule has 0 radical (unpaired) electrons. The van der Waals surface area contributed by atoms with Crippen LogP contribution in [0, 0.1) is 0 Å². The Morgan fingerprint density at radius 2 is 2.00 bits per heavy atom. The van der Waals surface area contributed by atoms with Crippen molar-refractivity contribution in [1.29, 1.82) is 0 Å². The number of ether oxygens (including phenoxy) is 2. The Morgan fingerprint density at radius 1 is 1.19 bits per heavy atom. The summed E-state index contributed by atoms with van der Waals surface area (Å²) in [5, 5.41) is 4.56. The van der Waals surface area contributed by atoms with Gasteiger partial charge in [-0.1, -0.05) is 0 Å². The minimum Gasteiger partial charge on any atom is -0.493 e. The molecule has 0 saturated carbocycles. The number of benzene rings is 1. The molecule has 0 fully saturated rings. The maximum atomic E-state index is 6.09. The molecule has 0 aliphatic heterocycles. The molecule has 0 bridgehead atoms. The van der Waals surface area contributed by atoms with E-state index >= 15 is 0 Å². The summed E-state index contributed by atoms with van der Waals surface area (Å²) in [7, 11) is 3.21. The summed E-state index contributed by atoms with van der Waals surface area (Å²) >= 11 is 6.09. The summed E-state index contributed by atoms with van der Waals surface area (Å²) in [6.45, 7) is 0. The lowest BCUT2D eigenvalue weighted by Gasteiger charge is -2.08. The van der Waals surface area contributed by atoms with Gasteiger partial charge in [0.15, 0.2) is 17.1 Å². The Hall–Kier alpha value is -2.27. The van der Waals surface area contributed by atoms with Gasteiger partial charge in [0.2, 0.25) is 0 Å². The Balaban J connectivity index is 2.20. The first-order valence-electron chi connectivity index (χ1n) is 6.39. The highest BCUT2D eigenvalue weighted by Gasteiger charge is 2.16. The van der Waals surface area contributed by atoms with Crippen molar-refractivity contribution in [3.63, 3.8) is 0 Å². The third kappa shape index (κ3) is 2.29. The van der Waals surface area contributed by atoms with Gasteiger partial charge in [0.25, 0.3) is 0 Å². The molecule has 108 valence electrons. The van der Waals surface area contributed by atoms with E-state index in [1.165, 1.54) is 0 Å². The van der Waals surface area contributed by atoms with Crippen LogP contribution in [0.1, 0.15) is 5.56 Å². The van der Waals surface area contributed by atoms with Gasteiger partial charge in [-0.15, -0.1) is 11.6 Å². The molecule has 1 aromatic carbocycles. The van der Waals surface area contributed by atoms with E-state index in [0.29, 0.717) is 17.4 Å². The van der Waals surface area contributed by atoms with Crippen molar-refractivity contribution < 1.29 is 9.47 Å². The van der Waals surface area contributed by atoms with E-state index < -0.39 is 0 Å². The van der Waals surface area contributed by atoms with Gasteiger partial charge in [-0.05, 0) is 24.3 Å². The highest BCUT2D eigenvalue weighted by molar-refractivity contribution is 6.18. The summed E-state index contributed by atoms with van der Waals surface area (Å²) in [5.74, 6) is 1.67. The molecule has 5 nitrogen and oxygen atoms in total. The number of nitrogens with zero attached hydrogens (tertiary/aromatic N) is 3. The van der Waals surface area contributed by atoms with E-state index in [4.69, 9.17) is 21.1 Å². The maximum Gasteiger partial charge on any atom is 0.161 e. The fourth-order valence-electron chi connectivity index (χ4n) is 2.27. The molecule has 0 atom stereocenters. The molecule has 0 saturated heterocycles. The van der Waals surface area contributed by atoms with Crippen LogP contribution in [-0.2, 0) is 5.88 Å². The lowest BCUT2D eigenvalue weighted by molar-refractivity contribution is 0.355. The van der Waals surface area contributed by atoms with Crippen molar-refractivity contribution in [1.82, 2.24) is 14.6 Å². The zero-order valence-corrected chi connectivity index (χ0v) is 12.5. The SMILES string of the molecule is COc1ccc(-c2nn3cccnc3c2CCl)cc1OC. The smallest absolute Gasteiger partial charge is 0.161 e. The first-order chi connectivity index (χ1) is 10.3. The van der Waals surface area contributed by atoms with Crippen LogP contribution in [0.25, 0.3) is 16.9 Å². The average Bonchev–Trinajstić information content (AvgIpc) is 2.92. The van der Waals surface area contributed by atoms with Gasteiger partial charge in [0.1, 0.15) is 0 Å². The average molecular weight is 304 g/mol.